The van der Waals surface area contributed by atoms with Gasteiger partial charge in [0.15, 0.2) is 0 Å². The van der Waals surface area contributed by atoms with E-state index in [2.05, 4.69) is 37.3 Å². The molecule has 0 amide bonds. The maximum atomic E-state index is 6.16. The normalized spacial score (nSPS) is 21.5. The second-order valence-electron chi connectivity index (χ2n) is 6.97. The summed E-state index contributed by atoms with van der Waals surface area (Å²) >= 11 is 0. The van der Waals surface area contributed by atoms with E-state index in [1.54, 1.807) is 0 Å². The molecule has 2 atom stereocenters. The van der Waals surface area contributed by atoms with Crippen LogP contribution in [0.25, 0.3) is 11.3 Å². The molecule has 7 nitrogen and oxygen atoms in total. The predicted molar refractivity (Wildman–Crippen MR) is 96.8 cm³/mol. The minimum Gasteiger partial charge on any atom is -0.368 e. The van der Waals surface area contributed by atoms with E-state index in [4.69, 9.17) is 4.74 Å². The molecular formula is C19H20N6O. The summed E-state index contributed by atoms with van der Waals surface area (Å²) in [4.78, 5) is 11.4. The molecule has 5 rings (SSSR count). The van der Waals surface area contributed by atoms with E-state index in [0.29, 0.717) is 6.61 Å². The van der Waals surface area contributed by atoms with E-state index in [-0.39, 0.29) is 12.1 Å². The van der Waals surface area contributed by atoms with Crippen LogP contribution < -0.4 is 4.90 Å². The fraction of sp³-hybridized carbons (Fsp3) is 0.368. The van der Waals surface area contributed by atoms with Crippen LogP contribution in [0, 0.1) is 13.8 Å². The standard InChI is InChI=1S/C19H20N6O/c1-12-8-13(2)21-19(20-12)24-9-15-17(10-24)26-11-16-18(22-23-25(15)16)14-6-4-3-5-7-14/h3-8,15,17H,9-11H2,1-2H3/t15?,17-/m1/s1. The molecule has 3 aromatic rings. The average molecular weight is 348 g/mol. The predicted octanol–water partition coefficient (Wildman–Crippen LogP) is 2.31. The molecule has 4 heterocycles. The minimum absolute atomic E-state index is 0.0808. The van der Waals surface area contributed by atoms with Crippen molar-refractivity contribution in [3.05, 3.63) is 53.5 Å². The van der Waals surface area contributed by atoms with Gasteiger partial charge in [-0.1, -0.05) is 35.5 Å². The summed E-state index contributed by atoms with van der Waals surface area (Å²) in [7, 11) is 0. The Kier molecular flexibility index (Phi) is 3.49. The third kappa shape index (κ3) is 2.47. The molecule has 0 saturated carbocycles. The summed E-state index contributed by atoms with van der Waals surface area (Å²) in [6, 6.07) is 12.3. The molecule has 0 spiro atoms. The molecule has 0 N–H and O–H groups in total. The molecule has 0 aliphatic carbocycles. The van der Waals surface area contributed by atoms with Crippen LogP contribution in [0.3, 0.4) is 0 Å². The largest absolute Gasteiger partial charge is 0.368 e. The van der Waals surface area contributed by atoms with Gasteiger partial charge in [-0.15, -0.1) is 5.10 Å². The Morgan fingerprint density at radius 2 is 1.81 bits per heavy atom. The average Bonchev–Trinajstić information content (AvgIpc) is 3.25. The van der Waals surface area contributed by atoms with Crippen LogP contribution in [0.2, 0.25) is 0 Å². The third-order valence-corrected chi connectivity index (χ3v) is 5.08. The van der Waals surface area contributed by atoms with Gasteiger partial charge in [0.25, 0.3) is 0 Å². The van der Waals surface area contributed by atoms with Gasteiger partial charge in [0.2, 0.25) is 5.95 Å². The van der Waals surface area contributed by atoms with Gasteiger partial charge in [-0.25, -0.2) is 14.6 Å². The number of ether oxygens (including phenoxy) is 1. The number of benzene rings is 1. The van der Waals surface area contributed by atoms with E-state index >= 15 is 0 Å². The molecule has 1 aromatic carbocycles. The molecule has 1 saturated heterocycles. The van der Waals surface area contributed by atoms with Gasteiger partial charge in [0.1, 0.15) is 5.69 Å². The molecule has 2 aromatic heterocycles. The van der Waals surface area contributed by atoms with Gasteiger partial charge in [-0.3, -0.25) is 0 Å². The van der Waals surface area contributed by atoms with Crippen LogP contribution in [0.5, 0.6) is 0 Å². The van der Waals surface area contributed by atoms with Crippen LogP contribution >= 0.6 is 0 Å². The number of rotatable bonds is 2. The van der Waals surface area contributed by atoms with Gasteiger partial charge >= 0.3 is 0 Å². The maximum absolute atomic E-state index is 6.16. The molecule has 26 heavy (non-hydrogen) atoms. The first-order valence-corrected chi connectivity index (χ1v) is 8.87. The quantitative estimate of drug-likeness (QED) is 0.708. The molecule has 2 aliphatic heterocycles. The fourth-order valence-corrected chi connectivity index (χ4v) is 3.89. The molecule has 132 valence electrons. The lowest BCUT2D eigenvalue weighted by molar-refractivity contribution is -0.00227. The Labute approximate surface area is 151 Å². The van der Waals surface area contributed by atoms with E-state index < -0.39 is 0 Å². The van der Waals surface area contributed by atoms with Crippen molar-refractivity contribution in [3.8, 4) is 11.3 Å². The summed E-state index contributed by atoms with van der Waals surface area (Å²) in [5.74, 6) is 0.769. The Hall–Kier alpha value is -2.80. The Balaban J connectivity index is 1.47. The number of aryl methyl sites for hydroxylation is 2. The van der Waals surface area contributed by atoms with Gasteiger partial charge < -0.3 is 9.64 Å². The number of nitrogens with zero attached hydrogens (tertiary/aromatic N) is 6. The van der Waals surface area contributed by atoms with Crippen molar-refractivity contribution >= 4 is 5.95 Å². The second kappa shape index (κ2) is 5.88. The highest BCUT2D eigenvalue weighted by atomic mass is 16.5. The van der Waals surface area contributed by atoms with Crippen molar-refractivity contribution in [1.29, 1.82) is 0 Å². The number of hydrogen-bond acceptors (Lipinski definition) is 6. The highest BCUT2D eigenvalue weighted by molar-refractivity contribution is 5.61. The van der Waals surface area contributed by atoms with Crippen LogP contribution in [-0.4, -0.2) is 44.2 Å². The smallest absolute Gasteiger partial charge is 0.225 e. The summed E-state index contributed by atoms with van der Waals surface area (Å²) in [5, 5.41) is 8.90. The lowest BCUT2D eigenvalue weighted by Gasteiger charge is -2.26. The lowest BCUT2D eigenvalue weighted by atomic mass is 10.1. The van der Waals surface area contributed by atoms with Crippen LogP contribution in [0.1, 0.15) is 23.1 Å². The van der Waals surface area contributed by atoms with E-state index in [1.807, 2.05) is 42.8 Å². The molecule has 2 aliphatic rings. The van der Waals surface area contributed by atoms with Crippen molar-refractivity contribution in [3.63, 3.8) is 0 Å². The molecule has 0 radical (unpaired) electrons. The molecule has 1 fully saturated rings. The molecule has 7 heteroatoms. The SMILES string of the molecule is Cc1cc(C)nc(N2CC3[C@@H](C2)OCc2c(-c4ccccc4)nnn23)n1. The fourth-order valence-electron chi connectivity index (χ4n) is 3.89. The van der Waals surface area contributed by atoms with E-state index in [9.17, 15) is 0 Å². The minimum atomic E-state index is 0.0808. The third-order valence-electron chi connectivity index (χ3n) is 5.08. The molecule has 1 unspecified atom stereocenters. The number of fused-ring (bicyclic) bond motifs is 3. The first-order valence-electron chi connectivity index (χ1n) is 8.87. The number of aromatic nitrogens is 5. The highest BCUT2D eigenvalue weighted by Crippen LogP contribution is 2.35. The van der Waals surface area contributed by atoms with Crippen molar-refractivity contribution < 1.29 is 4.74 Å². The summed E-state index contributed by atoms with van der Waals surface area (Å²) < 4.78 is 8.20. The summed E-state index contributed by atoms with van der Waals surface area (Å²) in [6.45, 7) is 6.07. The zero-order chi connectivity index (χ0) is 17.7. The Morgan fingerprint density at radius 3 is 2.58 bits per heavy atom. The van der Waals surface area contributed by atoms with Crippen LogP contribution in [0.15, 0.2) is 36.4 Å². The topological polar surface area (TPSA) is 69.0 Å². The van der Waals surface area contributed by atoms with Crippen LogP contribution in [-0.2, 0) is 11.3 Å². The Morgan fingerprint density at radius 1 is 1.04 bits per heavy atom. The molecule has 0 bridgehead atoms. The summed E-state index contributed by atoms with van der Waals surface area (Å²) in [6.07, 6.45) is 0.0808. The van der Waals surface area contributed by atoms with Gasteiger partial charge in [-0.05, 0) is 19.9 Å². The monoisotopic (exact) mass is 348 g/mol. The van der Waals surface area contributed by atoms with Gasteiger partial charge in [0, 0.05) is 30.0 Å². The van der Waals surface area contributed by atoms with E-state index in [1.165, 1.54) is 0 Å². The number of anilines is 1. The summed E-state index contributed by atoms with van der Waals surface area (Å²) in [5.41, 5.74) is 4.99. The first kappa shape index (κ1) is 15.5. The van der Waals surface area contributed by atoms with Crippen molar-refractivity contribution in [2.75, 3.05) is 18.0 Å². The maximum Gasteiger partial charge on any atom is 0.225 e. The first-order chi connectivity index (χ1) is 12.7. The highest BCUT2D eigenvalue weighted by Gasteiger charge is 2.41. The lowest BCUT2D eigenvalue weighted by Crippen LogP contribution is -2.32. The van der Waals surface area contributed by atoms with Gasteiger partial charge in [0.05, 0.1) is 24.4 Å². The van der Waals surface area contributed by atoms with Crippen LogP contribution in [0.4, 0.5) is 5.95 Å². The van der Waals surface area contributed by atoms with E-state index in [0.717, 1.165) is 47.4 Å². The Bertz CT molecular complexity index is 934. The zero-order valence-corrected chi connectivity index (χ0v) is 14.8. The van der Waals surface area contributed by atoms with Crippen molar-refractivity contribution in [1.82, 2.24) is 25.0 Å². The molecular weight excluding hydrogens is 328 g/mol. The zero-order valence-electron chi connectivity index (χ0n) is 14.8. The number of hydrogen-bond donors (Lipinski definition) is 0. The second-order valence-corrected chi connectivity index (χ2v) is 6.97. The van der Waals surface area contributed by atoms with Crippen molar-refractivity contribution in [2.24, 2.45) is 0 Å². The van der Waals surface area contributed by atoms with Gasteiger partial charge in [-0.2, -0.15) is 0 Å². The van der Waals surface area contributed by atoms with Crippen molar-refractivity contribution in [2.45, 2.75) is 32.6 Å².